The fourth-order valence-electron chi connectivity index (χ4n) is 4.25. The van der Waals surface area contributed by atoms with Crippen LogP contribution in [0.15, 0.2) is 24.3 Å². The zero-order valence-corrected chi connectivity index (χ0v) is 19.6. The molecule has 0 spiro atoms. The van der Waals surface area contributed by atoms with Gasteiger partial charge in [-0.15, -0.1) is 0 Å². The Kier molecular flexibility index (Phi) is 6.27. The van der Waals surface area contributed by atoms with Crippen molar-refractivity contribution in [1.29, 1.82) is 5.26 Å². The Morgan fingerprint density at radius 2 is 1.97 bits per heavy atom. The van der Waals surface area contributed by atoms with Crippen LogP contribution in [-0.4, -0.2) is 63.6 Å². The minimum atomic E-state index is -4.58. The molecule has 4 rings (SSSR count). The highest BCUT2D eigenvalue weighted by molar-refractivity contribution is 5.84. The van der Waals surface area contributed by atoms with Crippen LogP contribution in [0.5, 0.6) is 5.75 Å². The number of rotatable bonds is 5. The lowest BCUT2D eigenvalue weighted by Gasteiger charge is -2.45. The molecule has 1 aromatic carbocycles. The maximum Gasteiger partial charge on any atom is 0.419 e. The van der Waals surface area contributed by atoms with Gasteiger partial charge in [-0.05, 0) is 52.1 Å². The van der Waals surface area contributed by atoms with E-state index in [4.69, 9.17) is 4.74 Å². The normalized spacial score (nSPS) is 17.1. The number of ether oxygens (including phenoxy) is 1. The van der Waals surface area contributed by atoms with Crippen molar-refractivity contribution in [2.45, 2.75) is 39.0 Å². The number of nitriles is 1. The predicted molar refractivity (Wildman–Crippen MR) is 122 cm³/mol. The van der Waals surface area contributed by atoms with Crippen molar-refractivity contribution >= 4 is 11.0 Å². The number of benzene rings is 1. The van der Waals surface area contributed by atoms with E-state index in [0.717, 1.165) is 25.7 Å². The second kappa shape index (κ2) is 8.89. The molecule has 1 saturated heterocycles. The first-order valence-corrected chi connectivity index (χ1v) is 11.1. The number of nitrogens with one attached hydrogen (secondary N) is 1. The summed E-state index contributed by atoms with van der Waals surface area (Å²) in [6.07, 6.45) is -4.58. The van der Waals surface area contributed by atoms with E-state index >= 15 is 0 Å². The van der Waals surface area contributed by atoms with E-state index in [9.17, 15) is 18.4 Å². The van der Waals surface area contributed by atoms with Gasteiger partial charge in [0.1, 0.15) is 23.2 Å². The van der Waals surface area contributed by atoms with Crippen molar-refractivity contribution in [2.24, 2.45) is 0 Å². The number of alkyl halides is 3. The fraction of sp³-hybridized carbons (Fsp3) is 0.458. The number of aromatic nitrogens is 3. The van der Waals surface area contributed by atoms with Crippen molar-refractivity contribution in [3.63, 3.8) is 0 Å². The standard InChI is InChI=1S/C24H27F3N6O/c1-5-34-20-7-6-15(10-16(20)24(25,26)27)17-11-18-22(19(12-28)29-17)31-21(30-18)13-33-9-8-32(4)23(2,3)14-33/h6-7,10-11H,5,8-9,13-14H2,1-4H3,(H,30,31). The number of hydrogen-bond donors (Lipinski definition) is 1. The Balaban J connectivity index is 1.69. The second-order valence-corrected chi connectivity index (χ2v) is 9.13. The van der Waals surface area contributed by atoms with Crippen molar-refractivity contribution in [3.05, 3.63) is 41.3 Å². The largest absolute Gasteiger partial charge is 0.493 e. The van der Waals surface area contributed by atoms with E-state index in [2.05, 4.69) is 45.6 Å². The zero-order chi connectivity index (χ0) is 24.7. The van der Waals surface area contributed by atoms with Gasteiger partial charge < -0.3 is 9.72 Å². The Morgan fingerprint density at radius 3 is 2.62 bits per heavy atom. The molecule has 0 unspecified atom stereocenters. The van der Waals surface area contributed by atoms with Gasteiger partial charge in [-0.25, -0.2) is 9.97 Å². The molecule has 3 heterocycles. The second-order valence-electron chi connectivity index (χ2n) is 9.13. The molecule has 180 valence electrons. The van der Waals surface area contributed by atoms with Crippen molar-refractivity contribution in [3.8, 4) is 23.1 Å². The molecule has 7 nitrogen and oxygen atoms in total. The zero-order valence-electron chi connectivity index (χ0n) is 19.6. The highest BCUT2D eigenvalue weighted by Crippen LogP contribution is 2.39. The number of hydrogen-bond acceptors (Lipinski definition) is 6. The van der Waals surface area contributed by atoms with Gasteiger partial charge in [0.05, 0.1) is 29.9 Å². The number of H-pyrrole nitrogens is 1. The lowest BCUT2D eigenvalue weighted by atomic mass is 10.00. The molecular formula is C24H27F3N6O. The van der Waals surface area contributed by atoms with E-state index in [-0.39, 0.29) is 34.8 Å². The number of likely N-dealkylation sites (N-methyl/N-ethyl adjacent to an activating group) is 1. The summed E-state index contributed by atoms with van der Waals surface area (Å²) in [5, 5.41) is 9.65. The third-order valence-electron chi connectivity index (χ3n) is 6.27. The molecule has 1 aliphatic heterocycles. The number of aromatic amines is 1. The monoisotopic (exact) mass is 472 g/mol. The fourth-order valence-corrected chi connectivity index (χ4v) is 4.25. The number of imidazole rings is 1. The third-order valence-corrected chi connectivity index (χ3v) is 6.27. The molecule has 0 bridgehead atoms. The van der Waals surface area contributed by atoms with Crippen LogP contribution < -0.4 is 4.74 Å². The quantitative estimate of drug-likeness (QED) is 0.591. The van der Waals surface area contributed by atoms with Crippen LogP contribution in [0.2, 0.25) is 0 Å². The van der Waals surface area contributed by atoms with Crippen LogP contribution in [0.25, 0.3) is 22.3 Å². The summed E-state index contributed by atoms with van der Waals surface area (Å²) >= 11 is 0. The smallest absolute Gasteiger partial charge is 0.419 e. The molecule has 3 aromatic rings. The van der Waals surface area contributed by atoms with E-state index in [1.165, 1.54) is 12.1 Å². The van der Waals surface area contributed by atoms with E-state index < -0.39 is 11.7 Å². The lowest BCUT2D eigenvalue weighted by Crippen LogP contribution is -2.57. The van der Waals surface area contributed by atoms with Gasteiger partial charge >= 0.3 is 6.18 Å². The molecule has 0 aliphatic carbocycles. The molecule has 1 N–H and O–H groups in total. The number of fused-ring (bicyclic) bond motifs is 1. The third kappa shape index (κ3) is 4.72. The van der Waals surface area contributed by atoms with Gasteiger partial charge in [0.2, 0.25) is 0 Å². The maximum atomic E-state index is 13.6. The van der Waals surface area contributed by atoms with Crippen molar-refractivity contribution in [1.82, 2.24) is 24.8 Å². The van der Waals surface area contributed by atoms with Gasteiger partial charge in [0, 0.05) is 30.7 Å². The minimum Gasteiger partial charge on any atom is -0.493 e. The number of nitrogens with zero attached hydrogens (tertiary/aromatic N) is 5. The summed E-state index contributed by atoms with van der Waals surface area (Å²) in [6, 6.07) is 7.47. The Hall–Kier alpha value is -3.16. The van der Waals surface area contributed by atoms with Crippen LogP contribution in [0.1, 0.15) is 37.9 Å². The summed E-state index contributed by atoms with van der Waals surface area (Å²) < 4.78 is 45.9. The van der Waals surface area contributed by atoms with Gasteiger partial charge in [0.25, 0.3) is 0 Å². The van der Waals surface area contributed by atoms with Crippen molar-refractivity contribution < 1.29 is 17.9 Å². The van der Waals surface area contributed by atoms with Crippen LogP contribution >= 0.6 is 0 Å². The summed E-state index contributed by atoms with van der Waals surface area (Å²) in [5.41, 5.74) is 0.691. The van der Waals surface area contributed by atoms with Crippen LogP contribution in [-0.2, 0) is 12.7 Å². The summed E-state index contributed by atoms with van der Waals surface area (Å²) in [4.78, 5) is 16.7. The molecule has 2 aromatic heterocycles. The van der Waals surface area contributed by atoms with E-state index in [1.807, 2.05) is 6.07 Å². The van der Waals surface area contributed by atoms with E-state index in [1.54, 1.807) is 13.0 Å². The van der Waals surface area contributed by atoms with Gasteiger partial charge in [-0.3, -0.25) is 9.80 Å². The maximum absolute atomic E-state index is 13.6. The SMILES string of the molecule is CCOc1ccc(-c2cc3[nH]c(CN4CCN(C)C(C)(C)C4)nc3c(C#N)n2)cc1C(F)(F)F. The van der Waals surface area contributed by atoms with Gasteiger partial charge in [0.15, 0.2) is 5.69 Å². The van der Waals surface area contributed by atoms with Crippen LogP contribution in [0.3, 0.4) is 0 Å². The van der Waals surface area contributed by atoms with Crippen LogP contribution in [0, 0.1) is 11.3 Å². The van der Waals surface area contributed by atoms with Gasteiger partial charge in [-0.1, -0.05) is 0 Å². The molecular weight excluding hydrogens is 445 g/mol. The van der Waals surface area contributed by atoms with Crippen LogP contribution in [0.4, 0.5) is 13.2 Å². The Bertz CT molecular complexity index is 1240. The predicted octanol–water partition coefficient (Wildman–Crippen LogP) is 4.44. The molecule has 0 atom stereocenters. The average molecular weight is 473 g/mol. The molecule has 34 heavy (non-hydrogen) atoms. The topological polar surface area (TPSA) is 81.1 Å². The number of pyridine rings is 1. The first-order chi connectivity index (χ1) is 16.0. The van der Waals surface area contributed by atoms with Gasteiger partial charge in [-0.2, -0.15) is 18.4 Å². The van der Waals surface area contributed by atoms with E-state index in [0.29, 0.717) is 23.4 Å². The lowest BCUT2D eigenvalue weighted by molar-refractivity contribution is -0.138. The summed E-state index contributed by atoms with van der Waals surface area (Å²) in [7, 11) is 2.11. The van der Waals surface area contributed by atoms with Crippen molar-refractivity contribution in [2.75, 3.05) is 33.3 Å². The molecule has 10 heteroatoms. The highest BCUT2D eigenvalue weighted by Gasteiger charge is 2.35. The average Bonchev–Trinajstić information content (AvgIpc) is 3.17. The Labute approximate surface area is 196 Å². The molecule has 0 saturated carbocycles. The first-order valence-electron chi connectivity index (χ1n) is 11.1. The molecule has 0 amide bonds. The summed E-state index contributed by atoms with van der Waals surface area (Å²) in [6.45, 7) is 9.38. The molecule has 1 aliphatic rings. The first kappa shape index (κ1) is 24.0. The number of piperazine rings is 1. The number of halogens is 3. The highest BCUT2D eigenvalue weighted by atomic mass is 19.4. The Morgan fingerprint density at radius 1 is 1.21 bits per heavy atom. The molecule has 1 fully saturated rings. The minimum absolute atomic E-state index is 0.0284. The molecule has 0 radical (unpaired) electrons. The summed E-state index contributed by atoms with van der Waals surface area (Å²) in [5.74, 6) is 0.452.